The average Bonchev–Trinajstić information content (AvgIpc) is 2.79. The van der Waals surface area contributed by atoms with Crippen LogP contribution in [0.4, 0.5) is 5.13 Å². The van der Waals surface area contributed by atoms with E-state index in [1.807, 2.05) is 0 Å². The second-order valence-corrected chi connectivity index (χ2v) is 5.79. The second kappa shape index (κ2) is 5.87. The predicted octanol–water partition coefficient (Wildman–Crippen LogP) is 2.63. The van der Waals surface area contributed by atoms with Crippen LogP contribution in [0.2, 0.25) is 5.15 Å². The highest BCUT2D eigenvalue weighted by Gasteiger charge is 2.28. The molecule has 6 heteroatoms. The van der Waals surface area contributed by atoms with E-state index >= 15 is 0 Å². The lowest BCUT2D eigenvalue weighted by molar-refractivity contribution is 0.378. The fraction of sp³-hybridized carbons (Fsp3) is 0.667. The molecule has 0 bridgehead atoms. The van der Waals surface area contributed by atoms with Crippen molar-refractivity contribution in [1.29, 1.82) is 5.26 Å². The van der Waals surface area contributed by atoms with E-state index in [4.69, 9.17) is 16.9 Å². The van der Waals surface area contributed by atoms with Crippen LogP contribution in [0.5, 0.6) is 0 Å². The van der Waals surface area contributed by atoms with Gasteiger partial charge in [0.1, 0.15) is 10.9 Å². The van der Waals surface area contributed by atoms with Crippen LogP contribution in [-0.4, -0.2) is 30.2 Å². The first-order chi connectivity index (χ1) is 8.69. The highest BCUT2D eigenvalue weighted by molar-refractivity contribution is 7.16. The number of hydrogen-bond donors (Lipinski definition) is 1. The molecule has 1 aliphatic heterocycles. The monoisotopic (exact) mass is 284 g/mol. The number of aromatic nitrogens is 1. The van der Waals surface area contributed by atoms with Crippen LogP contribution in [0, 0.1) is 11.3 Å². The number of rotatable bonds is 3. The van der Waals surface area contributed by atoms with Crippen LogP contribution < -0.4 is 10.2 Å². The SMILES string of the molecule is CCC1CN(c2nc(Cl)c(C#N)s2)C(CC)CN1. The molecule has 0 spiro atoms. The molecule has 0 radical (unpaired) electrons. The maximum Gasteiger partial charge on any atom is 0.188 e. The van der Waals surface area contributed by atoms with E-state index in [1.54, 1.807) is 0 Å². The molecule has 4 nitrogen and oxygen atoms in total. The van der Waals surface area contributed by atoms with Crippen LogP contribution >= 0.6 is 22.9 Å². The van der Waals surface area contributed by atoms with Gasteiger partial charge in [-0.1, -0.05) is 36.8 Å². The van der Waals surface area contributed by atoms with Crippen LogP contribution in [0.3, 0.4) is 0 Å². The maximum absolute atomic E-state index is 8.96. The molecule has 1 aromatic rings. The first-order valence-corrected chi connectivity index (χ1v) is 7.45. The van der Waals surface area contributed by atoms with Gasteiger partial charge in [0.15, 0.2) is 10.3 Å². The molecule has 1 aliphatic rings. The van der Waals surface area contributed by atoms with Crippen LogP contribution in [0.25, 0.3) is 0 Å². The van der Waals surface area contributed by atoms with Gasteiger partial charge in [-0.2, -0.15) is 5.26 Å². The van der Waals surface area contributed by atoms with E-state index in [-0.39, 0.29) is 0 Å². The number of nitrogens with one attached hydrogen (secondary N) is 1. The Morgan fingerprint density at radius 1 is 1.56 bits per heavy atom. The zero-order valence-electron chi connectivity index (χ0n) is 10.6. The number of nitriles is 1. The molecule has 2 atom stereocenters. The predicted molar refractivity (Wildman–Crippen MR) is 75.3 cm³/mol. The molecule has 1 fully saturated rings. The van der Waals surface area contributed by atoms with Gasteiger partial charge in [-0.05, 0) is 12.8 Å². The van der Waals surface area contributed by atoms with Crippen molar-refractivity contribution in [2.75, 3.05) is 18.0 Å². The van der Waals surface area contributed by atoms with E-state index in [9.17, 15) is 0 Å². The average molecular weight is 285 g/mol. The third-order valence-corrected chi connectivity index (χ3v) is 4.77. The molecule has 2 unspecified atom stereocenters. The Morgan fingerprint density at radius 2 is 2.33 bits per heavy atom. The fourth-order valence-electron chi connectivity index (χ4n) is 2.22. The standard InChI is InChI=1S/C12H17ClN4S/c1-3-8-7-17(9(4-2)6-15-8)12-16-11(13)10(5-14)18-12/h8-9,15H,3-4,6-7H2,1-2H3. The Bertz CT molecular complexity index is 453. The number of nitrogens with zero attached hydrogens (tertiary/aromatic N) is 3. The minimum atomic E-state index is 0.332. The first kappa shape index (κ1) is 13.6. The fourth-order valence-corrected chi connectivity index (χ4v) is 3.34. The summed E-state index contributed by atoms with van der Waals surface area (Å²) in [6.07, 6.45) is 2.15. The van der Waals surface area contributed by atoms with Gasteiger partial charge in [-0.25, -0.2) is 4.98 Å². The Labute approximate surface area is 117 Å². The van der Waals surface area contributed by atoms with E-state index in [0.717, 1.165) is 31.1 Å². The minimum Gasteiger partial charge on any atom is -0.342 e. The molecule has 2 rings (SSSR count). The molecule has 1 saturated heterocycles. The summed E-state index contributed by atoms with van der Waals surface area (Å²) >= 11 is 7.35. The third-order valence-electron chi connectivity index (χ3n) is 3.39. The van der Waals surface area contributed by atoms with Crippen LogP contribution in [-0.2, 0) is 0 Å². The van der Waals surface area contributed by atoms with Gasteiger partial charge in [0.05, 0.1) is 0 Å². The number of thiazole rings is 1. The molecule has 2 heterocycles. The van der Waals surface area contributed by atoms with E-state index in [2.05, 4.69) is 35.1 Å². The van der Waals surface area contributed by atoms with Crippen molar-refractivity contribution in [1.82, 2.24) is 10.3 Å². The molecule has 18 heavy (non-hydrogen) atoms. The minimum absolute atomic E-state index is 0.332. The smallest absolute Gasteiger partial charge is 0.188 e. The molecule has 1 N–H and O–H groups in total. The van der Waals surface area contributed by atoms with Gasteiger partial charge in [0.2, 0.25) is 0 Å². The highest BCUT2D eigenvalue weighted by atomic mass is 35.5. The zero-order chi connectivity index (χ0) is 13.1. The molecule has 0 aromatic carbocycles. The van der Waals surface area contributed by atoms with Gasteiger partial charge >= 0.3 is 0 Å². The summed E-state index contributed by atoms with van der Waals surface area (Å²) in [7, 11) is 0. The van der Waals surface area contributed by atoms with E-state index in [0.29, 0.717) is 22.1 Å². The van der Waals surface area contributed by atoms with Crippen molar-refractivity contribution >= 4 is 28.1 Å². The highest BCUT2D eigenvalue weighted by Crippen LogP contribution is 2.31. The lowest BCUT2D eigenvalue weighted by atomic mass is 10.1. The number of anilines is 1. The summed E-state index contributed by atoms with van der Waals surface area (Å²) in [5, 5.41) is 13.7. The molecule has 0 aliphatic carbocycles. The number of hydrogen-bond acceptors (Lipinski definition) is 5. The lowest BCUT2D eigenvalue weighted by Gasteiger charge is -2.39. The Kier molecular flexibility index (Phi) is 4.44. The number of halogens is 1. The van der Waals surface area contributed by atoms with Crippen LogP contribution in [0.15, 0.2) is 0 Å². The lowest BCUT2D eigenvalue weighted by Crippen LogP contribution is -2.56. The van der Waals surface area contributed by atoms with E-state index in [1.165, 1.54) is 11.3 Å². The van der Waals surface area contributed by atoms with Gasteiger partial charge in [0.25, 0.3) is 0 Å². The maximum atomic E-state index is 8.96. The summed E-state index contributed by atoms with van der Waals surface area (Å²) in [4.78, 5) is 7.13. The van der Waals surface area contributed by atoms with Crippen LogP contribution in [0.1, 0.15) is 31.6 Å². The molecule has 0 saturated carbocycles. The summed E-state index contributed by atoms with van der Waals surface area (Å²) < 4.78 is 0. The van der Waals surface area contributed by atoms with E-state index < -0.39 is 0 Å². The van der Waals surface area contributed by atoms with Crippen molar-refractivity contribution in [3.05, 3.63) is 10.0 Å². The normalized spacial score (nSPS) is 24.0. The van der Waals surface area contributed by atoms with Gasteiger partial charge in [0, 0.05) is 25.2 Å². The van der Waals surface area contributed by atoms with Crippen molar-refractivity contribution in [2.24, 2.45) is 0 Å². The molecular formula is C12H17ClN4S. The Hall–Kier alpha value is -0.830. The van der Waals surface area contributed by atoms with Crippen molar-refractivity contribution in [3.8, 4) is 6.07 Å². The molecule has 1 aromatic heterocycles. The van der Waals surface area contributed by atoms with Crippen molar-refractivity contribution in [3.63, 3.8) is 0 Å². The topological polar surface area (TPSA) is 52.0 Å². The quantitative estimate of drug-likeness (QED) is 0.927. The second-order valence-electron chi connectivity index (χ2n) is 4.46. The van der Waals surface area contributed by atoms with Gasteiger partial charge in [-0.15, -0.1) is 0 Å². The van der Waals surface area contributed by atoms with Crippen molar-refractivity contribution in [2.45, 2.75) is 38.8 Å². The van der Waals surface area contributed by atoms with Gasteiger partial charge in [-0.3, -0.25) is 0 Å². The molecular weight excluding hydrogens is 268 g/mol. The largest absolute Gasteiger partial charge is 0.342 e. The summed E-state index contributed by atoms with van der Waals surface area (Å²) in [5.41, 5.74) is 0. The summed E-state index contributed by atoms with van der Waals surface area (Å²) in [6.45, 7) is 6.25. The Morgan fingerprint density at radius 3 is 2.89 bits per heavy atom. The molecule has 98 valence electrons. The number of piperazine rings is 1. The summed E-state index contributed by atoms with van der Waals surface area (Å²) in [5.74, 6) is 0. The first-order valence-electron chi connectivity index (χ1n) is 6.26. The molecule has 0 amide bonds. The Balaban J connectivity index is 2.24. The van der Waals surface area contributed by atoms with Gasteiger partial charge < -0.3 is 10.2 Å². The summed E-state index contributed by atoms with van der Waals surface area (Å²) in [6, 6.07) is 3.01. The third kappa shape index (κ3) is 2.61. The zero-order valence-corrected chi connectivity index (χ0v) is 12.2. The van der Waals surface area contributed by atoms with Crippen molar-refractivity contribution < 1.29 is 0 Å².